The molecule has 1 unspecified atom stereocenters. The predicted octanol–water partition coefficient (Wildman–Crippen LogP) is 0.244. The molecule has 1 atom stereocenters. The van der Waals surface area contributed by atoms with E-state index in [0.29, 0.717) is 10.6 Å². The zero-order chi connectivity index (χ0) is 13.3. The van der Waals surface area contributed by atoms with Crippen LogP contribution in [0.2, 0.25) is 0 Å². The van der Waals surface area contributed by atoms with Crippen LogP contribution in [0.15, 0.2) is 11.4 Å². The highest BCUT2D eigenvalue weighted by atomic mass is 32.1. The lowest BCUT2D eigenvalue weighted by Crippen LogP contribution is -2.58. The Bertz CT molecular complexity index is 511. The quantitative estimate of drug-likeness (QED) is 0.780. The first-order valence-corrected chi connectivity index (χ1v) is 6.18. The summed E-state index contributed by atoms with van der Waals surface area (Å²) in [7, 11) is 1.47. The van der Waals surface area contributed by atoms with Gasteiger partial charge in [-0.15, -0.1) is 11.3 Å². The van der Waals surface area contributed by atoms with Crippen LogP contribution in [0.3, 0.4) is 0 Å². The second kappa shape index (κ2) is 4.77. The van der Waals surface area contributed by atoms with E-state index in [2.05, 4.69) is 5.32 Å². The van der Waals surface area contributed by atoms with Crippen molar-refractivity contribution in [2.75, 3.05) is 13.7 Å². The number of carbonyl (C=O) groups is 3. The largest absolute Gasteiger partial charge is 0.495 e. The summed E-state index contributed by atoms with van der Waals surface area (Å²) >= 11 is 1.22. The third kappa shape index (κ3) is 2.08. The highest BCUT2D eigenvalue weighted by Crippen LogP contribution is 2.27. The lowest BCUT2D eigenvalue weighted by atomic mass is 10.2. The highest BCUT2D eigenvalue weighted by molar-refractivity contribution is 7.12. The summed E-state index contributed by atoms with van der Waals surface area (Å²) in [6.45, 7) is 1.46. The second-order valence-electron chi connectivity index (χ2n) is 3.84. The van der Waals surface area contributed by atoms with Crippen LogP contribution >= 0.6 is 11.3 Å². The van der Waals surface area contributed by atoms with E-state index >= 15 is 0 Å². The molecular formula is C11H12N2O4S. The molecule has 2 heterocycles. The van der Waals surface area contributed by atoms with E-state index in [1.54, 1.807) is 18.4 Å². The summed E-state index contributed by atoms with van der Waals surface area (Å²) in [5, 5.41) is 3.91. The van der Waals surface area contributed by atoms with E-state index in [-0.39, 0.29) is 12.5 Å². The Kier molecular flexibility index (Phi) is 3.33. The molecule has 0 aliphatic carbocycles. The molecule has 0 saturated carbocycles. The number of methoxy groups -OCH3 is 1. The van der Waals surface area contributed by atoms with Gasteiger partial charge in [-0.25, -0.2) is 0 Å². The molecule has 7 heteroatoms. The van der Waals surface area contributed by atoms with Gasteiger partial charge < -0.3 is 9.64 Å². The molecule has 96 valence electrons. The summed E-state index contributed by atoms with van der Waals surface area (Å²) in [4.78, 5) is 36.7. The molecule has 3 amide bonds. The Balaban J connectivity index is 2.27. The van der Waals surface area contributed by atoms with Crippen molar-refractivity contribution in [2.45, 2.75) is 13.0 Å². The molecule has 6 nitrogen and oxygen atoms in total. The molecule has 0 bridgehead atoms. The SMILES string of the molecule is COc1ccsc1C(=O)N1CC(=O)NC(=O)C1C. The lowest BCUT2D eigenvalue weighted by molar-refractivity contribution is -0.138. The second-order valence-corrected chi connectivity index (χ2v) is 4.76. The number of imide groups is 1. The highest BCUT2D eigenvalue weighted by Gasteiger charge is 2.35. The summed E-state index contributed by atoms with van der Waals surface area (Å²) in [5.41, 5.74) is 0. The zero-order valence-electron chi connectivity index (χ0n) is 9.93. The van der Waals surface area contributed by atoms with Crippen molar-refractivity contribution in [3.05, 3.63) is 16.3 Å². The van der Waals surface area contributed by atoms with Crippen LogP contribution in [0.5, 0.6) is 5.75 Å². The van der Waals surface area contributed by atoms with Crippen molar-refractivity contribution in [2.24, 2.45) is 0 Å². The van der Waals surface area contributed by atoms with Gasteiger partial charge in [0, 0.05) is 0 Å². The van der Waals surface area contributed by atoms with Crippen molar-refractivity contribution < 1.29 is 19.1 Å². The smallest absolute Gasteiger partial charge is 0.268 e. The Morgan fingerprint density at radius 3 is 2.94 bits per heavy atom. The number of hydrogen-bond acceptors (Lipinski definition) is 5. The Morgan fingerprint density at radius 1 is 1.56 bits per heavy atom. The topological polar surface area (TPSA) is 75.7 Å². The van der Waals surface area contributed by atoms with Gasteiger partial charge >= 0.3 is 0 Å². The van der Waals surface area contributed by atoms with E-state index < -0.39 is 17.9 Å². The van der Waals surface area contributed by atoms with E-state index in [9.17, 15) is 14.4 Å². The fraction of sp³-hybridized carbons (Fsp3) is 0.364. The van der Waals surface area contributed by atoms with Crippen LogP contribution in [0, 0.1) is 0 Å². The molecule has 2 rings (SSSR count). The average molecular weight is 268 g/mol. The summed E-state index contributed by atoms with van der Waals surface area (Å²) in [6.07, 6.45) is 0. The number of hydrogen-bond donors (Lipinski definition) is 1. The number of thiophene rings is 1. The Morgan fingerprint density at radius 2 is 2.28 bits per heavy atom. The lowest BCUT2D eigenvalue weighted by Gasteiger charge is -2.31. The van der Waals surface area contributed by atoms with Crippen molar-refractivity contribution in [1.82, 2.24) is 10.2 Å². The number of amides is 3. The van der Waals surface area contributed by atoms with Crippen molar-refractivity contribution in [1.29, 1.82) is 0 Å². The van der Waals surface area contributed by atoms with Crippen LogP contribution in [-0.2, 0) is 9.59 Å². The summed E-state index contributed by atoms with van der Waals surface area (Å²) in [6, 6.07) is 1.01. The number of piperazine rings is 1. The number of nitrogens with one attached hydrogen (secondary N) is 1. The van der Waals surface area contributed by atoms with Gasteiger partial charge in [0.15, 0.2) is 0 Å². The Labute approximate surface area is 108 Å². The van der Waals surface area contributed by atoms with Gasteiger partial charge in [-0.3, -0.25) is 19.7 Å². The van der Waals surface area contributed by atoms with Crippen LogP contribution < -0.4 is 10.1 Å². The van der Waals surface area contributed by atoms with E-state index in [0.717, 1.165) is 0 Å². The molecule has 1 aromatic heterocycles. The van der Waals surface area contributed by atoms with Crippen LogP contribution in [0.4, 0.5) is 0 Å². The van der Waals surface area contributed by atoms with Crippen LogP contribution in [0.25, 0.3) is 0 Å². The molecular weight excluding hydrogens is 256 g/mol. The van der Waals surface area contributed by atoms with Crippen LogP contribution in [-0.4, -0.2) is 42.3 Å². The number of rotatable bonds is 2. The van der Waals surface area contributed by atoms with Gasteiger partial charge in [0.05, 0.1) is 7.11 Å². The van der Waals surface area contributed by atoms with Gasteiger partial charge in [-0.05, 0) is 18.4 Å². The minimum atomic E-state index is -0.665. The molecule has 1 saturated heterocycles. The Hall–Kier alpha value is -1.89. The summed E-state index contributed by atoms with van der Waals surface area (Å²) in [5.74, 6) is -0.842. The molecule has 1 aliphatic rings. The van der Waals surface area contributed by atoms with Gasteiger partial charge in [0.1, 0.15) is 23.2 Å². The maximum atomic E-state index is 12.3. The maximum Gasteiger partial charge on any atom is 0.268 e. The van der Waals surface area contributed by atoms with Crippen molar-refractivity contribution in [3.8, 4) is 5.75 Å². The van der Waals surface area contributed by atoms with Gasteiger partial charge in [0.2, 0.25) is 11.8 Å². The third-order valence-corrected chi connectivity index (χ3v) is 3.61. The molecule has 1 fully saturated rings. The van der Waals surface area contributed by atoms with Crippen molar-refractivity contribution >= 4 is 29.1 Å². The third-order valence-electron chi connectivity index (χ3n) is 2.73. The first-order chi connectivity index (χ1) is 8.54. The standard InChI is InChI=1S/C11H12N2O4S/c1-6-10(15)12-8(14)5-13(6)11(16)9-7(17-2)3-4-18-9/h3-4,6H,5H2,1-2H3,(H,12,14,15). The number of nitrogens with zero attached hydrogens (tertiary/aromatic N) is 1. The van der Waals surface area contributed by atoms with Gasteiger partial charge in [0.25, 0.3) is 5.91 Å². The monoisotopic (exact) mass is 268 g/mol. The molecule has 18 heavy (non-hydrogen) atoms. The molecule has 0 radical (unpaired) electrons. The fourth-order valence-electron chi connectivity index (χ4n) is 1.71. The first-order valence-electron chi connectivity index (χ1n) is 5.30. The molecule has 1 N–H and O–H groups in total. The maximum absolute atomic E-state index is 12.3. The number of carbonyl (C=O) groups excluding carboxylic acids is 3. The predicted molar refractivity (Wildman–Crippen MR) is 64.5 cm³/mol. The van der Waals surface area contributed by atoms with E-state index in [1.165, 1.54) is 23.3 Å². The van der Waals surface area contributed by atoms with E-state index in [1.807, 2.05) is 0 Å². The minimum absolute atomic E-state index is 0.118. The fourth-order valence-corrected chi connectivity index (χ4v) is 2.52. The number of ether oxygens (including phenoxy) is 1. The molecule has 0 aromatic carbocycles. The van der Waals surface area contributed by atoms with Gasteiger partial charge in [-0.2, -0.15) is 0 Å². The minimum Gasteiger partial charge on any atom is -0.495 e. The first kappa shape index (κ1) is 12.6. The average Bonchev–Trinajstić information content (AvgIpc) is 2.81. The summed E-state index contributed by atoms with van der Waals surface area (Å²) < 4.78 is 5.06. The zero-order valence-corrected chi connectivity index (χ0v) is 10.7. The van der Waals surface area contributed by atoms with Crippen molar-refractivity contribution in [3.63, 3.8) is 0 Å². The molecule has 1 aliphatic heterocycles. The van der Waals surface area contributed by atoms with Crippen LogP contribution in [0.1, 0.15) is 16.6 Å². The van der Waals surface area contributed by atoms with E-state index in [4.69, 9.17) is 4.74 Å². The molecule has 0 spiro atoms. The molecule has 1 aromatic rings. The van der Waals surface area contributed by atoms with Gasteiger partial charge in [-0.1, -0.05) is 0 Å². The normalized spacial score (nSPS) is 19.7.